The Kier molecular flexibility index (Phi) is 5.28. The highest BCUT2D eigenvalue weighted by Crippen LogP contribution is 2.76. The van der Waals surface area contributed by atoms with Gasteiger partial charge in [-0.05, 0) is 111 Å². The lowest BCUT2D eigenvalue weighted by molar-refractivity contribution is -0.223. The number of aromatic nitrogens is 3. The summed E-state index contributed by atoms with van der Waals surface area (Å²) in [6.07, 6.45) is 11.6. The van der Waals surface area contributed by atoms with Crippen LogP contribution in [0.4, 0.5) is 0 Å². The van der Waals surface area contributed by atoms with E-state index in [9.17, 15) is 9.59 Å². The Morgan fingerprint density at radius 1 is 0.919 bits per heavy atom. The Hall–Kier alpha value is -1.78. The minimum atomic E-state index is -0.134. The average Bonchev–Trinajstić information content (AvgIpc) is 3.42. The van der Waals surface area contributed by atoms with E-state index in [4.69, 9.17) is 10.2 Å². The third-order valence-electron chi connectivity index (χ3n) is 13.6. The molecule has 0 unspecified atom stereocenters. The van der Waals surface area contributed by atoms with Crippen LogP contribution in [0.3, 0.4) is 0 Å². The van der Waals surface area contributed by atoms with Gasteiger partial charge >= 0.3 is 0 Å². The number of hydrogen-bond acceptors (Lipinski definition) is 4. The van der Waals surface area contributed by atoms with Crippen LogP contribution in [0.5, 0.6) is 0 Å². The third-order valence-corrected chi connectivity index (χ3v) is 13.6. The summed E-state index contributed by atoms with van der Waals surface area (Å²) in [6, 6.07) is 0. The van der Waals surface area contributed by atoms with Crippen molar-refractivity contribution in [3.8, 4) is 0 Å². The van der Waals surface area contributed by atoms with Gasteiger partial charge in [-0.1, -0.05) is 46.8 Å². The first-order valence-electron chi connectivity index (χ1n) is 14.8. The molecule has 0 spiro atoms. The first kappa shape index (κ1) is 25.5. The zero-order valence-electron chi connectivity index (χ0n) is 24.2. The summed E-state index contributed by atoms with van der Waals surface area (Å²) in [4.78, 5) is 26.2. The quantitative estimate of drug-likeness (QED) is 0.327. The van der Waals surface area contributed by atoms with E-state index in [1.54, 1.807) is 6.92 Å². The molecule has 9 atom stereocenters. The molecule has 37 heavy (non-hydrogen) atoms. The number of allylic oxidation sites excluding steroid dienone is 1. The smallest absolute Gasteiger partial charge is 0.261 e. The molecule has 0 amide bonds. The number of aldehydes is 1. The first-order chi connectivity index (χ1) is 17.2. The van der Waals surface area contributed by atoms with E-state index >= 15 is 0 Å². The molecule has 0 aliphatic heterocycles. The fourth-order valence-corrected chi connectivity index (χ4v) is 11.8. The van der Waals surface area contributed by atoms with E-state index in [-0.39, 0.29) is 33.0 Å². The summed E-state index contributed by atoms with van der Waals surface area (Å²) < 4.78 is 0. The van der Waals surface area contributed by atoms with Gasteiger partial charge in [0, 0.05) is 17.8 Å². The molecule has 1 aromatic rings. The van der Waals surface area contributed by atoms with Crippen LogP contribution < -0.4 is 0 Å². The molecule has 202 valence electrons. The molecule has 1 aromatic heterocycles. The lowest BCUT2D eigenvalue weighted by Gasteiger charge is -2.72. The van der Waals surface area contributed by atoms with Crippen molar-refractivity contribution in [2.45, 2.75) is 112 Å². The van der Waals surface area contributed by atoms with Gasteiger partial charge in [0.05, 0.1) is 11.4 Å². The zero-order valence-corrected chi connectivity index (χ0v) is 24.2. The van der Waals surface area contributed by atoms with E-state index in [1.165, 1.54) is 48.8 Å². The number of hydrogen-bond donors (Lipinski definition) is 0. The van der Waals surface area contributed by atoms with Gasteiger partial charge in [-0.15, -0.1) is 9.90 Å². The lowest BCUT2D eigenvalue weighted by atomic mass is 9.32. The van der Waals surface area contributed by atoms with Crippen LogP contribution in [0.2, 0.25) is 0 Å². The normalized spacial score (nSPS) is 47.6. The second-order valence-electron chi connectivity index (χ2n) is 15.2. The summed E-state index contributed by atoms with van der Waals surface area (Å²) >= 11 is 0. The molecule has 0 N–H and O–H groups in total. The van der Waals surface area contributed by atoms with Crippen molar-refractivity contribution in [2.24, 2.45) is 51.2 Å². The monoisotopic (exact) mass is 505 g/mol. The van der Waals surface area contributed by atoms with Gasteiger partial charge in [0.15, 0.2) is 0 Å². The van der Waals surface area contributed by atoms with Crippen molar-refractivity contribution in [1.29, 1.82) is 0 Å². The van der Waals surface area contributed by atoms with Crippen molar-refractivity contribution in [2.75, 3.05) is 0 Å². The molecule has 5 heteroatoms. The minimum absolute atomic E-state index is 0.106. The van der Waals surface area contributed by atoms with Crippen molar-refractivity contribution in [3.05, 3.63) is 23.5 Å². The molecule has 1 heterocycles. The molecule has 4 fully saturated rings. The van der Waals surface area contributed by atoms with Crippen LogP contribution in [0.1, 0.15) is 116 Å². The number of fused-ring (bicyclic) bond motifs is 8. The maximum absolute atomic E-state index is 12.7. The van der Waals surface area contributed by atoms with Crippen molar-refractivity contribution < 1.29 is 9.59 Å². The summed E-state index contributed by atoms with van der Waals surface area (Å²) in [5.74, 6) is 2.54. The molecular formula is C32H47N3O2. The van der Waals surface area contributed by atoms with Crippen molar-refractivity contribution in [1.82, 2.24) is 15.0 Å². The van der Waals surface area contributed by atoms with Gasteiger partial charge in [-0.25, -0.2) is 0 Å². The third kappa shape index (κ3) is 2.98. The fourth-order valence-electron chi connectivity index (χ4n) is 11.8. The fraction of sp³-hybridized carbons (Fsp3) is 0.812. The Morgan fingerprint density at radius 2 is 1.65 bits per heavy atom. The maximum Gasteiger partial charge on any atom is 0.261 e. The molecule has 5 aliphatic rings. The van der Waals surface area contributed by atoms with Gasteiger partial charge < -0.3 is 4.79 Å². The van der Waals surface area contributed by atoms with Gasteiger partial charge in [0.1, 0.15) is 6.29 Å². The van der Waals surface area contributed by atoms with E-state index in [1.807, 2.05) is 0 Å². The molecule has 5 aliphatic carbocycles. The Labute approximate surface area is 223 Å². The molecular weight excluding hydrogens is 458 g/mol. The second kappa shape index (κ2) is 7.66. The van der Waals surface area contributed by atoms with Crippen LogP contribution in [0.25, 0.3) is 0 Å². The maximum atomic E-state index is 12.7. The number of carbonyl (C=O) groups is 2. The topological polar surface area (TPSA) is 64.8 Å². The highest BCUT2D eigenvalue weighted by molar-refractivity contribution is 5.74. The van der Waals surface area contributed by atoms with Crippen LogP contribution in [-0.2, 0) is 16.6 Å². The van der Waals surface area contributed by atoms with Crippen molar-refractivity contribution >= 4 is 12.2 Å². The van der Waals surface area contributed by atoms with Gasteiger partial charge in [-0.2, -0.15) is 5.10 Å². The Morgan fingerprint density at radius 3 is 2.30 bits per heavy atom. The Bertz CT molecular complexity index is 1180. The molecule has 0 radical (unpaired) electrons. The van der Waals surface area contributed by atoms with Crippen LogP contribution in [0.15, 0.2) is 12.2 Å². The second-order valence-corrected chi connectivity index (χ2v) is 15.2. The molecule has 0 aromatic carbocycles. The van der Waals surface area contributed by atoms with Crippen LogP contribution >= 0.6 is 0 Å². The Balaban J connectivity index is 1.43. The zero-order chi connectivity index (χ0) is 26.8. The minimum Gasteiger partial charge on any atom is -0.303 e. The van der Waals surface area contributed by atoms with E-state index in [0.717, 1.165) is 37.1 Å². The average molecular weight is 506 g/mol. The predicted molar refractivity (Wildman–Crippen MR) is 145 cm³/mol. The predicted octanol–water partition coefficient (Wildman–Crippen LogP) is 6.81. The molecule has 6 rings (SSSR count). The number of rotatable bonds is 2. The molecule has 0 bridgehead atoms. The molecule has 5 nitrogen and oxygen atoms in total. The van der Waals surface area contributed by atoms with Crippen molar-refractivity contribution in [3.63, 3.8) is 0 Å². The summed E-state index contributed by atoms with van der Waals surface area (Å²) in [5.41, 5.74) is 3.70. The van der Waals surface area contributed by atoms with Gasteiger partial charge in [-0.3, -0.25) is 4.79 Å². The SMILES string of the molecule is C=C(C)[C@@H]1CC[C@]2(C=O)CC[C@]3(C)[C@H](CC[C@@H]4[C@@]5(C)Cc6nn(C(C)=O)nc6C(C)(C)[C@@H]5CC[C@]43C)[C@@H]12. The number of carbonyl (C=O) groups excluding carboxylic acids is 2. The van der Waals surface area contributed by atoms with E-state index in [2.05, 4.69) is 48.1 Å². The van der Waals surface area contributed by atoms with Gasteiger partial charge in [0.2, 0.25) is 0 Å². The molecule has 0 saturated heterocycles. The van der Waals surface area contributed by atoms with Crippen LogP contribution in [0, 0.1) is 51.2 Å². The number of nitrogens with zero attached hydrogens (tertiary/aromatic N) is 3. The van der Waals surface area contributed by atoms with Gasteiger partial charge in [0.25, 0.3) is 5.91 Å². The summed E-state index contributed by atoms with van der Waals surface area (Å²) in [6.45, 7) is 20.6. The lowest BCUT2D eigenvalue weighted by Crippen LogP contribution is -2.66. The summed E-state index contributed by atoms with van der Waals surface area (Å²) in [7, 11) is 0. The largest absolute Gasteiger partial charge is 0.303 e. The first-order valence-corrected chi connectivity index (χ1v) is 14.8. The highest BCUT2D eigenvalue weighted by atomic mass is 16.2. The summed E-state index contributed by atoms with van der Waals surface area (Å²) in [5, 5.41) is 9.46. The van der Waals surface area contributed by atoms with E-state index < -0.39 is 0 Å². The van der Waals surface area contributed by atoms with E-state index in [0.29, 0.717) is 29.6 Å². The standard InChI is InChI=1S/C32H47N3O2/c1-19(2)21-11-14-32(18-36)16-15-30(7)22(26(21)32)9-10-25-29(6)17-23-27(34-35(33-23)20(3)37)28(4,5)24(29)12-13-31(25,30)8/h18,21-22,24-26H,1,9-17H2,2-8H3/t21-,22+,24-,25+,26+,29-,30+,31+,32+/m0/s1. The van der Waals surface area contributed by atoms with Crippen LogP contribution in [-0.4, -0.2) is 27.2 Å². The highest BCUT2D eigenvalue weighted by Gasteiger charge is 2.71. The molecule has 4 saturated carbocycles.